The number of amides is 1. The summed E-state index contributed by atoms with van der Waals surface area (Å²) in [6.07, 6.45) is 1.85. The van der Waals surface area contributed by atoms with Crippen LogP contribution in [0.2, 0.25) is 4.71 Å². The molecular weight excluding hydrogens is 309 g/mol. The Bertz CT molecular complexity index is 387. The first-order chi connectivity index (χ1) is 8.71. The monoisotopic (exact) mass is 331 g/mol. The molecular formula is C13H22AsNO4. The Morgan fingerprint density at radius 3 is 2.58 bits per heavy atom. The van der Waals surface area contributed by atoms with Crippen molar-refractivity contribution in [2.24, 2.45) is 0 Å². The third kappa shape index (κ3) is 5.68. The van der Waals surface area contributed by atoms with E-state index >= 15 is 0 Å². The van der Waals surface area contributed by atoms with Crippen LogP contribution in [-0.2, 0) is 4.74 Å². The molecule has 1 saturated heterocycles. The zero-order valence-corrected chi connectivity index (χ0v) is 14.0. The van der Waals surface area contributed by atoms with Crippen LogP contribution < -0.4 is 0 Å². The third-order valence-corrected chi connectivity index (χ3v) is 5.12. The number of carbonyl (C=O) groups excluding carboxylic acids is 1. The molecule has 1 aliphatic rings. The van der Waals surface area contributed by atoms with Crippen LogP contribution in [0.25, 0.3) is 0 Å². The molecule has 0 saturated carbocycles. The van der Waals surface area contributed by atoms with Gasteiger partial charge in [-0.3, -0.25) is 0 Å². The van der Waals surface area contributed by atoms with Gasteiger partial charge in [0.05, 0.1) is 0 Å². The van der Waals surface area contributed by atoms with Gasteiger partial charge in [0.2, 0.25) is 0 Å². The van der Waals surface area contributed by atoms with E-state index in [1.54, 1.807) is 0 Å². The van der Waals surface area contributed by atoms with Gasteiger partial charge >= 0.3 is 120 Å². The van der Waals surface area contributed by atoms with E-state index in [1.165, 1.54) is 4.90 Å². The molecule has 1 fully saturated rings. The molecule has 2 atom stereocenters. The molecule has 1 rings (SSSR count). The number of piperidine rings is 1. The summed E-state index contributed by atoms with van der Waals surface area (Å²) in [5, 5.41) is 9.09. The first kappa shape index (κ1) is 16.1. The van der Waals surface area contributed by atoms with Gasteiger partial charge in [-0.25, -0.2) is 0 Å². The van der Waals surface area contributed by atoms with Crippen molar-refractivity contribution in [2.45, 2.75) is 44.4 Å². The van der Waals surface area contributed by atoms with Crippen LogP contribution in [0, 0.1) is 0 Å². The van der Waals surface area contributed by atoms with Crippen LogP contribution in [0.3, 0.4) is 0 Å². The molecule has 1 aliphatic heterocycles. The average Bonchev–Trinajstić information content (AvgIpc) is 2.25. The molecule has 0 aromatic carbocycles. The molecule has 0 radical (unpaired) electrons. The molecule has 19 heavy (non-hydrogen) atoms. The summed E-state index contributed by atoms with van der Waals surface area (Å²) >= 11 is -0.965. The van der Waals surface area contributed by atoms with E-state index in [0.717, 1.165) is 12.0 Å². The number of nitrogens with zero attached hydrogens (tertiary/aromatic N) is 1. The average molecular weight is 331 g/mol. The van der Waals surface area contributed by atoms with Crippen LogP contribution >= 0.6 is 0 Å². The van der Waals surface area contributed by atoms with Crippen LogP contribution in [0.4, 0.5) is 9.59 Å². The maximum atomic E-state index is 11.8. The van der Waals surface area contributed by atoms with Gasteiger partial charge in [-0.2, -0.15) is 0 Å². The van der Waals surface area contributed by atoms with Gasteiger partial charge in [0.15, 0.2) is 0 Å². The topological polar surface area (TPSA) is 66.8 Å². The first-order valence-electron chi connectivity index (χ1n) is 6.32. The zero-order valence-electron chi connectivity index (χ0n) is 11.9. The molecule has 108 valence electrons. The molecule has 1 heterocycles. The maximum absolute atomic E-state index is 11.8. The van der Waals surface area contributed by atoms with Crippen molar-refractivity contribution in [3.63, 3.8) is 0 Å². The molecule has 0 spiro atoms. The number of carboxylic acid groups (broad SMARTS) is 1. The van der Waals surface area contributed by atoms with E-state index in [0.29, 0.717) is 13.1 Å². The predicted octanol–water partition coefficient (Wildman–Crippen LogP) is 2.48. The normalized spacial score (nSPS) is 23.1. The van der Waals surface area contributed by atoms with E-state index in [2.05, 4.69) is 0 Å². The van der Waals surface area contributed by atoms with Crippen LogP contribution in [-0.4, -0.2) is 55.3 Å². The van der Waals surface area contributed by atoms with Gasteiger partial charge in [-0.1, -0.05) is 0 Å². The van der Waals surface area contributed by atoms with Gasteiger partial charge < -0.3 is 0 Å². The summed E-state index contributed by atoms with van der Waals surface area (Å²) in [6.45, 7) is 8.36. The molecule has 2 unspecified atom stereocenters. The van der Waals surface area contributed by atoms with Crippen molar-refractivity contribution in [3.8, 4) is 0 Å². The fraction of sp³-hybridized carbons (Fsp3) is 0.692. The Hall–Kier alpha value is -0.962. The Morgan fingerprint density at radius 2 is 2.11 bits per heavy atom. The summed E-state index contributed by atoms with van der Waals surface area (Å²) in [5.41, 5.74) is 0.622. The Kier molecular flexibility index (Phi) is 5.48. The van der Waals surface area contributed by atoms with E-state index < -0.39 is 27.4 Å². The van der Waals surface area contributed by atoms with Crippen molar-refractivity contribution >= 4 is 26.6 Å². The van der Waals surface area contributed by atoms with Crippen molar-refractivity contribution in [3.05, 3.63) is 11.6 Å². The second kappa shape index (κ2) is 6.46. The van der Waals surface area contributed by atoms with Crippen molar-refractivity contribution in [1.82, 2.24) is 4.90 Å². The Balaban J connectivity index is 2.62. The number of hydrogen-bond donors (Lipinski definition) is 1. The summed E-state index contributed by atoms with van der Waals surface area (Å²) in [7, 11) is 0. The van der Waals surface area contributed by atoms with E-state index in [1.807, 2.05) is 33.8 Å². The summed E-state index contributed by atoms with van der Waals surface area (Å²) in [6, 6.07) is 0. The SMILES string of the molecule is CC=C1CC([AsH]C(=O)OC(C)(C)C)CN(C(=O)O)C1. The number of likely N-dealkylation sites (tertiary alicyclic amines) is 1. The van der Waals surface area contributed by atoms with E-state index in [9.17, 15) is 9.59 Å². The molecule has 0 aliphatic carbocycles. The van der Waals surface area contributed by atoms with Gasteiger partial charge in [0, 0.05) is 0 Å². The van der Waals surface area contributed by atoms with Crippen molar-refractivity contribution in [2.75, 3.05) is 13.1 Å². The van der Waals surface area contributed by atoms with Crippen molar-refractivity contribution in [1.29, 1.82) is 0 Å². The minimum absolute atomic E-state index is 0.130. The summed E-state index contributed by atoms with van der Waals surface area (Å²) in [5.74, 6) is 0. The van der Waals surface area contributed by atoms with Gasteiger partial charge in [-0.05, 0) is 0 Å². The Morgan fingerprint density at radius 1 is 1.47 bits per heavy atom. The van der Waals surface area contributed by atoms with E-state index in [4.69, 9.17) is 9.84 Å². The third-order valence-electron chi connectivity index (χ3n) is 2.74. The Labute approximate surface area is 120 Å². The van der Waals surface area contributed by atoms with Gasteiger partial charge in [-0.15, -0.1) is 0 Å². The predicted molar refractivity (Wildman–Crippen MR) is 75.1 cm³/mol. The fourth-order valence-corrected chi connectivity index (χ4v) is 4.83. The molecule has 5 nitrogen and oxygen atoms in total. The number of hydrogen-bond acceptors (Lipinski definition) is 3. The summed E-state index contributed by atoms with van der Waals surface area (Å²) in [4.78, 5) is 24.3. The number of rotatable bonds is 2. The zero-order chi connectivity index (χ0) is 14.6. The standard InChI is InChI=1S/C13H22AsNO4/c1-5-9-6-10(8-15(7-9)12(17)18)14-11(16)19-13(2,3)4/h5,10,14H,6-8H2,1-4H3,(H,17,18). The number of ether oxygens (including phenoxy) is 1. The molecule has 0 aromatic rings. The summed E-state index contributed by atoms with van der Waals surface area (Å²) < 4.78 is 5.33. The molecule has 6 heteroatoms. The second-order valence-electron chi connectivity index (χ2n) is 5.66. The molecule has 1 amide bonds. The molecule has 1 N–H and O–H groups in total. The second-order valence-corrected chi connectivity index (χ2v) is 8.83. The van der Waals surface area contributed by atoms with Gasteiger partial charge in [0.1, 0.15) is 0 Å². The number of carbonyl (C=O) groups is 2. The van der Waals surface area contributed by atoms with E-state index in [-0.39, 0.29) is 9.46 Å². The fourth-order valence-electron chi connectivity index (χ4n) is 1.95. The number of allylic oxidation sites excluding steroid dienone is 1. The minimum atomic E-state index is -0.965. The van der Waals surface area contributed by atoms with Crippen LogP contribution in [0.1, 0.15) is 34.1 Å². The van der Waals surface area contributed by atoms with Crippen LogP contribution in [0.15, 0.2) is 11.6 Å². The van der Waals surface area contributed by atoms with Crippen LogP contribution in [0.5, 0.6) is 0 Å². The first-order valence-corrected chi connectivity index (χ1v) is 8.58. The molecule has 0 bridgehead atoms. The van der Waals surface area contributed by atoms with Gasteiger partial charge in [0.25, 0.3) is 0 Å². The molecule has 0 aromatic heterocycles. The van der Waals surface area contributed by atoms with Crippen molar-refractivity contribution < 1.29 is 19.4 Å². The quantitative estimate of drug-likeness (QED) is 0.624.